The molecule has 142 valence electrons. The van der Waals surface area contributed by atoms with Crippen LogP contribution >= 0.6 is 11.3 Å². The molecule has 7 heteroatoms. The molecule has 6 nitrogen and oxygen atoms in total. The number of ketones is 1. The van der Waals surface area contributed by atoms with Crippen molar-refractivity contribution >= 4 is 38.9 Å². The van der Waals surface area contributed by atoms with E-state index in [2.05, 4.69) is 10.3 Å². The van der Waals surface area contributed by atoms with Crippen molar-refractivity contribution in [2.75, 3.05) is 5.32 Å². The standard InChI is InChI=1S/C22H15N3O3S/c26-17(24-22-23-10-12-29-22)9-11-25-19-14-6-2-3-7-15(14)20(27)18(19)13-5-1-4-8-16(13)21(25)28/h1-8,10,12H,9,11H2,(H,23,24,26). The first-order valence-electron chi connectivity index (χ1n) is 9.14. The lowest BCUT2D eigenvalue weighted by Crippen LogP contribution is -2.25. The van der Waals surface area contributed by atoms with E-state index in [1.165, 1.54) is 11.3 Å². The molecule has 29 heavy (non-hydrogen) atoms. The van der Waals surface area contributed by atoms with Crippen LogP contribution in [0.25, 0.3) is 22.0 Å². The van der Waals surface area contributed by atoms with E-state index in [9.17, 15) is 14.4 Å². The third kappa shape index (κ3) is 2.78. The van der Waals surface area contributed by atoms with Crippen LogP contribution in [0, 0.1) is 0 Å². The molecule has 1 aliphatic carbocycles. The van der Waals surface area contributed by atoms with Gasteiger partial charge in [0.15, 0.2) is 10.9 Å². The van der Waals surface area contributed by atoms with Gasteiger partial charge in [-0.25, -0.2) is 4.98 Å². The lowest BCUT2D eigenvalue weighted by molar-refractivity contribution is -0.116. The summed E-state index contributed by atoms with van der Waals surface area (Å²) < 4.78 is 1.56. The van der Waals surface area contributed by atoms with Crippen LogP contribution in [-0.2, 0) is 11.3 Å². The molecule has 0 spiro atoms. The Morgan fingerprint density at radius 2 is 1.72 bits per heavy atom. The van der Waals surface area contributed by atoms with Gasteiger partial charge in [0, 0.05) is 46.4 Å². The minimum Gasteiger partial charge on any atom is -0.306 e. The number of anilines is 1. The maximum atomic E-state index is 13.2. The topological polar surface area (TPSA) is 81.1 Å². The Balaban J connectivity index is 1.63. The number of carbonyl (C=O) groups excluding carboxylic acids is 2. The van der Waals surface area contributed by atoms with Crippen LogP contribution in [0.15, 0.2) is 64.9 Å². The molecular formula is C22H15N3O3S. The van der Waals surface area contributed by atoms with Gasteiger partial charge in [-0.05, 0) is 6.07 Å². The van der Waals surface area contributed by atoms with Gasteiger partial charge in [0.2, 0.25) is 5.91 Å². The number of carbonyl (C=O) groups is 2. The summed E-state index contributed by atoms with van der Waals surface area (Å²) in [5.74, 6) is -0.320. The number of thiazole rings is 1. The number of nitrogens with one attached hydrogen (secondary N) is 1. The number of rotatable bonds is 4. The van der Waals surface area contributed by atoms with Gasteiger partial charge in [0.05, 0.1) is 11.3 Å². The van der Waals surface area contributed by atoms with Crippen LogP contribution in [0.1, 0.15) is 22.3 Å². The number of fused-ring (bicyclic) bond motifs is 5. The molecule has 0 aliphatic heterocycles. The number of amides is 1. The molecule has 0 unspecified atom stereocenters. The SMILES string of the molecule is O=C(CCn1c2c(c3ccccc3c1=O)C(=O)c1ccccc1-2)Nc1nccs1. The quantitative estimate of drug-likeness (QED) is 0.498. The highest BCUT2D eigenvalue weighted by Crippen LogP contribution is 2.39. The highest BCUT2D eigenvalue weighted by Gasteiger charge is 2.32. The summed E-state index contributed by atoms with van der Waals surface area (Å²) in [5, 5.41) is 6.16. The van der Waals surface area contributed by atoms with Crippen molar-refractivity contribution in [3.63, 3.8) is 0 Å². The second-order valence-corrected chi connectivity index (χ2v) is 7.63. The number of aromatic nitrogens is 2. The zero-order valence-corrected chi connectivity index (χ0v) is 16.0. The van der Waals surface area contributed by atoms with Gasteiger partial charge in [-0.3, -0.25) is 14.4 Å². The Kier molecular flexibility index (Phi) is 4.10. The first kappa shape index (κ1) is 17.5. The zero-order valence-electron chi connectivity index (χ0n) is 15.2. The van der Waals surface area contributed by atoms with Crippen LogP contribution in [0.2, 0.25) is 0 Å². The van der Waals surface area contributed by atoms with E-state index < -0.39 is 0 Å². The molecule has 1 aliphatic rings. The van der Waals surface area contributed by atoms with Gasteiger partial charge in [-0.15, -0.1) is 11.3 Å². The second-order valence-electron chi connectivity index (χ2n) is 6.74. The fourth-order valence-corrected chi connectivity index (χ4v) is 4.37. The molecule has 5 rings (SSSR count). The smallest absolute Gasteiger partial charge is 0.258 e. The average Bonchev–Trinajstić information content (AvgIpc) is 3.35. The minimum atomic E-state index is -0.230. The molecular weight excluding hydrogens is 386 g/mol. The van der Waals surface area contributed by atoms with Gasteiger partial charge >= 0.3 is 0 Å². The van der Waals surface area contributed by atoms with E-state index in [1.54, 1.807) is 40.4 Å². The first-order valence-corrected chi connectivity index (χ1v) is 10.0. The largest absolute Gasteiger partial charge is 0.306 e. The van der Waals surface area contributed by atoms with E-state index in [1.807, 2.05) is 24.3 Å². The van der Waals surface area contributed by atoms with Crippen molar-refractivity contribution in [2.24, 2.45) is 0 Å². The summed E-state index contributed by atoms with van der Waals surface area (Å²) in [6.45, 7) is 0.171. The highest BCUT2D eigenvalue weighted by atomic mass is 32.1. The number of nitrogens with zero attached hydrogens (tertiary/aromatic N) is 2. The Labute approximate surface area is 169 Å². The molecule has 0 saturated carbocycles. The summed E-state index contributed by atoms with van der Waals surface area (Å²) in [4.78, 5) is 42.7. The Hall–Kier alpha value is -3.58. The first-order chi connectivity index (χ1) is 14.1. The average molecular weight is 401 g/mol. The third-order valence-corrected chi connectivity index (χ3v) is 5.76. The number of hydrogen-bond acceptors (Lipinski definition) is 5. The lowest BCUT2D eigenvalue weighted by Gasteiger charge is -2.14. The minimum absolute atomic E-state index is 0.0900. The summed E-state index contributed by atoms with van der Waals surface area (Å²) in [7, 11) is 0. The molecule has 0 atom stereocenters. The van der Waals surface area contributed by atoms with Crippen LogP contribution in [0.3, 0.4) is 0 Å². The lowest BCUT2D eigenvalue weighted by atomic mass is 10.0. The summed E-state index contributed by atoms with van der Waals surface area (Å²) >= 11 is 1.33. The van der Waals surface area contributed by atoms with Crippen molar-refractivity contribution in [3.8, 4) is 11.3 Å². The molecule has 0 saturated heterocycles. The van der Waals surface area contributed by atoms with E-state index in [0.29, 0.717) is 32.7 Å². The molecule has 4 aromatic rings. The summed E-state index contributed by atoms with van der Waals surface area (Å²) in [5.41, 5.74) is 2.24. The van der Waals surface area contributed by atoms with Gasteiger partial charge in [0.25, 0.3) is 5.56 Å². The van der Waals surface area contributed by atoms with Crippen LogP contribution in [0.4, 0.5) is 5.13 Å². The Morgan fingerprint density at radius 1 is 1.00 bits per heavy atom. The monoisotopic (exact) mass is 401 g/mol. The van der Waals surface area contributed by atoms with Crippen LogP contribution in [0.5, 0.6) is 0 Å². The second kappa shape index (κ2) is 6.79. The van der Waals surface area contributed by atoms with Crippen molar-refractivity contribution in [1.29, 1.82) is 0 Å². The fourth-order valence-electron chi connectivity index (χ4n) is 3.82. The molecule has 1 amide bonds. The summed E-state index contributed by atoms with van der Waals surface area (Å²) in [6, 6.07) is 14.4. The number of pyridine rings is 1. The predicted octanol–water partition coefficient (Wildman–Crippen LogP) is 3.70. The molecule has 2 aromatic heterocycles. The maximum Gasteiger partial charge on any atom is 0.258 e. The molecule has 1 N–H and O–H groups in total. The Morgan fingerprint density at radius 3 is 2.48 bits per heavy atom. The highest BCUT2D eigenvalue weighted by molar-refractivity contribution is 7.13. The number of benzene rings is 2. The van der Waals surface area contributed by atoms with Crippen molar-refractivity contribution in [1.82, 2.24) is 9.55 Å². The van der Waals surface area contributed by atoms with E-state index in [0.717, 1.165) is 5.56 Å². The zero-order chi connectivity index (χ0) is 20.0. The van der Waals surface area contributed by atoms with Crippen molar-refractivity contribution in [3.05, 3.63) is 81.6 Å². The van der Waals surface area contributed by atoms with Crippen LogP contribution in [-0.4, -0.2) is 21.2 Å². The molecule has 0 bridgehead atoms. The maximum absolute atomic E-state index is 13.2. The summed E-state index contributed by atoms with van der Waals surface area (Å²) in [6.07, 6.45) is 1.71. The molecule has 0 radical (unpaired) electrons. The van der Waals surface area contributed by atoms with Crippen molar-refractivity contribution in [2.45, 2.75) is 13.0 Å². The molecule has 2 aromatic carbocycles. The van der Waals surface area contributed by atoms with E-state index in [-0.39, 0.29) is 30.2 Å². The fraction of sp³-hybridized carbons (Fsp3) is 0.0909. The van der Waals surface area contributed by atoms with Crippen LogP contribution < -0.4 is 10.9 Å². The van der Waals surface area contributed by atoms with Crippen molar-refractivity contribution < 1.29 is 9.59 Å². The third-order valence-electron chi connectivity index (χ3n) is 5.07. The van der Waals surface area contributed by atoms with Gasteiger partial charge in [-0.1, -0.05) is 42.5 Å². The molecule has 0 fully saturated rings. The Bertz CT molecular complexity index is 1340. The van der Waals surface area contributed by atoms with E-state index in [4.69, 9.17) is 0 Å². The van der Waals surface area contributed by atoms with Gasteiger partial charge in [-0.2, -0.15) is 0 Å². The number of hydrogen-bond donors (Lipinski definition) is 1. The normalized spacial score (nSPS) is 12.1. The molecule has 2 heterocycles. The van der Waals surface area contributed by atoms with Gasteiger partial charge in [0.1, 0.15) is 0 Å². The van der Waals surface area contributed by atoms with Gasteiger partial charge < -0.3 is 9.88 Å². The van der Waals surface area contributed by atoms with E-state index >= 15 is 0 Å². The predicted molar refractivity (Wildman–Crippen MR) is 112 cm³/mol.